The molecule has 9 nitrogen and oxygen atoms in total. The van der Waals surface area contributed by atoms with E-state index >= 15 is 0 Å². The Balaban J connectivity index is 1.89. The van der Waals surface area contributed by atoms with Gasteiger partial charge in [-0.05, 0) is 49.6 Å². The van der Waals surface area contributed by atoms with Gasteiger partial charge in [-0.3, -0.25) is 10.1 Å². The number of anilines is 4. The molecule has 2 N–H and O–H groups in total. The molecule has 0 atom stereocenters. The van der Waals surface area contributed by atoms with Crippen LogP contribution in [0.3, 0.4) is 0 Å². The van der Waals surface area contributed by atoms with E-state index < -0.39 is 10.9 Å². The highest BCUT2D eigenvalue weighted by atomic mass is 16.6. The number of carbonyl (C=O) groups excluding carboxylic acids is 1. The average molecular weight is 435 g/mol. The molecule has 2 aromatic carbocycles. The molecule has 0 amide bonds. The summed E-state index contributed by atoms with van der Waals surface area (Å²) in [5.41, 5.74) is 2.14. The average Bonchev–Trinajstić information content (AvgIpc) is 2.79. The molecule has 1 aromatic heterocycles. The molecule has 0 aliphatic heterocycles. The second-order valence-electron chi connectivity index (χ2n) is 6.99. The third-order valence-electron chi connectivity index (χ3n) is 4.72. The van der Waals surface area contributed by atoms with Crippen molar-refractivity contribution in [3.8, 4) is 0 Å². The van der Waals surface area contributed by atoms with Gasteiger partial charge in [0.25, 0.3) is 0 Å². The quantitative estimate of drug-likeness (QED) is 0.247. The zero-order valence-electron chi connectivity index (χ0n) is 18.0. The number of hydrogen-bond donors (Lipinski definition) is 2. The molecule has 3 rings (SSSR count). The molecule has 0 aliphatic carbocycles. The Kier molecular flexibility index (Phi) is 7.69. The fourth-order valence-corrected chi connectivity index (χ4v) is 3.11. The van der Waals surface area contributed by atoms with Crippen molar-refractivity contribution in [1.82, 2.24) is 9.97 Å². The molecule has 0 radical (unpaired) electrons. The number of nitrogens with one attached hydrogen (secondary N) is 2. The van der Waals surface area contributed by atoms with Gasteiger partial charge >= 0.3 is 11.7 Å². The monoisotopic (exact) mass is 435 g/mol. The normalized spacial score (nSPS) is 10.4. The molecule has 9 heteroatoms. The van der Waals surface area contributed by atoms with E-state index in [-0.39, 0.29) is 29.5 Å². The summed E-state index contributed by atoms with van der Waals surface area (Å²) in [5, 5.41) is 17.8. The summed E-state index contributed by atoms with van der Waals surface area (Å²) < 4.78 is 5.06. The van der Waals surface area contributed by atoms with Crippen LogP contribution in [-0.4, -0.2) is 27.5 Å². The highest BCUT2D eigenvalue weighted by molar-refractivity contribution is 5.97. The minimum absolute atomic E-state index is 0.0381. The number of unbranched alkanes of at least 4 members (excludes halogenated alkanes) is 1. The number of nitrogens with zero attached hydrogens (tertiary/aromatic N) is 3. The number of para-hydroxylation sites is 1. The number of esters is 1. The highest BCUT2D eigenvalue weighted by Crippen LogP contribution is 2.34. The molecule has 0 spiro atoms. The molecule has 0 saturated carbocycles. The molecular formula is C23H25N5O4. The van der Waals surface area contributed by atoms with E-state index in [1.165, 1.54) is 11.9 Å². The van der Waals surface area contributed by atoms with Crippen LogP contribution in [0, 0.1) is 10.1 Å². The van der Waals surface area contributed by atoms with Gasteiger partial charge in [0.15, 0.2) is 0 Å². The van der Waals surface area contributed by atoms with Crippen molar-refractivity contribution < 1.29 is 14.5 Å². The molecule has 0 bridgehead atoms. The molecule has 0 fully saturated rings. The zero-order chi connectivity index (χ0) is 22.9. The first kappa shape index (κ1) is 22.7. The second-order valence-corrected chi connectivity index (χ2v) is 6.99. The molecule has 0 aliphatic rings. The molecular weight excluding hydrogens is 410 g/mol. The summed E-state index contributed by atoms with van der Waals surface area (Å²) in [6.45, 7) is 4.06. The largest absolute Gasteiger partial charge is 0.462 e. The number of hydrogen-bond acceptors (Lipinski definition) is 8. The summed E-state index contributed by atoms with van der Waals surface area (Å²) in [6, 6.07) is 14.3. The SMILES string of the molecule is CCCCc1ccc(Nc2ncnc(Nc3ccccc3C(=O)OCC)c2[N+](=O)[O-])cc1. The molecule has 3 aromatic rings. The Hall–Kier alpha value is -4.01. The van der Waals surface area contributed by atoms with Crippen LogP contribution in [0.5, 0.6) is 0 Å². The number of ether oxygens (including phenoxy) is 1. The smallest absolute Gasteiger partial charge is 0.353 e. The fraction of sp³-hybridized carbons (Fsp3) is 0.261. The third kappa shape index (κ3) is 5.57. The van der Waals surface area contributed by atoms with Crippen LogP contribution in [0.1, 0.15) is 42.6 Å². The summed E-state index contributed by atoms with van der Waals surface area (Å²) in [7, 11) is 0. The Morgan fingerprint density at radius 3 is 2.38 bits per heavy atom. The Bertz CT molecular complexity index is 1090. The van der Waals surface area contributed by atoms with Crippen LogP contribution in [0.4, 0.5) is 28.7 Å². The lowest BCUT2D eigenvalue weighted by Gasteiger charge is -2.12. The van der Waals surface area contributed by atoms with Crippen molar-refractivity contribution in [1.29, 1.82) is 0 Å². The van der Waals surface area contributed by atoms with Crippen LogP contribution in [-0.2, 0) is 11.2 Å². The van der Waals surface area contributed by atoms with E-state index in [1.807, 2.05) is 24.3 Å². The lowest BCUT2D eigenvalue weighted by molar-refractivity contribution is -0.383. The first-order valence-electron chi connectivity index (χ1n) is 10.4. The zero-order valence-corrected chi connectivity index (χ0v) is 18.0. The fourth-order valence-electron chi connectivity index (χ4n) is 3.11. The van der Waals surface area contributed by atoms with Crippen LogP contribution >= 0.6 is 0 Å². The van der Waals surface area contributed by atoms with Crippen LogP contribution in [0.2, 0.25) is 0 Å². The number of rotatable bonds is 10. The van der Waals surface area contributed by atoms with Crippen molar-refractivity contribution in [2.45, 2.75) is 33.1 Å². The van der Waals surface area contributed by atoms with Gasteiger partial charge in [0.1, 0.15) is 6.33 Å². The van der Waals surface area contributed by atoms with Crippen molar-refractivity contribution in [2.24, 2.45) is 0 Å². The van der Waals surface area contributed by atoms with Gasteiger partial charge in [0.05, 0.1) is 22.8 Å². The molecule has 166 valence electrons. The number of nitro groups is 1. The van der Waals surface area contributed by atoms with Gasteiger partial charge in [-0.2, -0.15) is 0 Å². The molecule has 0 unspecified atom stereocenters. The second kappa shape index (κ2) is 10.9. The number of aromatic nitrogens is 2. The third-order valence-corrected chi connectivity index (χ3v) is 4.72. The van der Waals surface area contributed by atoms with E-state index in [2.05, 4.69) is 27.5 Å². The molecule has 1 heterocycles. The summed E-state index contributed by atoms with van der Waals surface area (Å²) in [5.74, 6) is -0.528. The molecule has 32 heavy (non-hydrogen) atoms. The summed E-state index contributed by atoms with van der Waals surface area (Å²) in [4.78, 5) is 31.6. The topological polar surface area (TPSA) is 119 Å². The number of aryl methyl sites for hydroxylation is 1. The minimum Gasteiger partial charge on any atom is -0.462 e. The lowest BCUT2D eigenvalue weighted by atomic mass is 10.1. The first-order valence-corrected chi connectivity index (χ1v) is 10.4. The Labute approximate surface area is 186 Å². The van der Waals surface area contributed by atoms with Gasteiger partial charge in [-0.1, -0.05) is 37.6 Å². The van der Waals surface area contributed by atoms with E-state index in [0.29, 0.717) is 11.4 Å². The van der Waals surface area contributed by atoms with Gasteiger partial charge in [0, 0.05) is 5.69 Å². The summed E-state index contributed by atoms with van der Waals surface area (Å²) >= 11 is 0. The van der Waals surface area contributed by atoms with Crippen LogP contribution in [0.15, 0.2) is 54.9 Å². The minimum atomic E-state index is -0.562. The van der Waals surface area contributed by atoms with E-state index in [0.717, 1.165) is 19.3 Å². The maximum atomic E-state index is 12.2. The predicted octanol–water partition coefficient (Wildman–Crippen LogP) is 5.39. The van der Waals surface area contributed by atoms with Crippen molar-refractivity contribution in [3.63, 3.8) is 0 Å². The Morgan fingerprint density at radius 1 is 1.03 bits per heavy atom. The summed E-state index contributed by atoms with van der Waals surface area (Å²) in [6.07, 6.45) is 4.42. The van der Waals surface area contributed by atoms with Crippen LogP contribution < -0.4 is 10.6 Å². The van der Waals surface area contributed by atoms with Crippen molar-refractivity contribution in [2.75, 3.05) is 17.2 Å². The standard InChI is InChI=1S/C23H25N5O4/c1-3-5-8-16-11-13-17(14-12-16)26-21-20(28(30)31)22(25-15-24-21)27-19-10-7-6-9-18(19)23(29)32-4-2/h6-7,9-15H,3-5,8H2,1-2H3,(H2,24,25,26,27). The van der Waals surface area contributed by atoms with E-state index in [4.69, 9.17) is 4.74 Å². The highest BCUT2D eigenvalue weighted by Gasteiger charge is 2.24. The Morgan fingerprint density at radius 2 is 1.72 bits per heavy atom. The van der Waals surface area contributed by atoms with Crippen molar-refractivity contribution >= 4 is 34.7 Å². The first-order chi connectivity index (χ1) is 15.5. The van der Waals surface area contributed by atoms with Gasteiger partial charge in [-0.15, -0.1) is 0 Å². The van der Waals surface area contributed by atoms with E-state index in [1.54, 1.807) is 31.2 Å². The predicted molar refractivity (Wildman–Crippen MR) is 123 cm³/mol. The lowest BCUT2D eigenvalue weighted by Crippen LogP contribution is -2.10. The number of carbonyl (C=O) groups is 1. The maximum Gasteiger partial charge on any atom is 0.353 e. The van der Waals surface area contributed by atoms with Gasteiger partial charge in [0.2, 0.25) is 11.6 Å². The van der Waals surface area contributed by atoms with Crippen molar-refractivity contribution in [3.05, 3.63) is 76.1 Å². The number of benzene rings is 2. The van der Waals surface area contributed by atoms with E-state index in [9.17, 15) is 14.9 Å². The van der Waals surface area contributed by atoms with Gasteiger partial charge < -0.3 is 15.4 Å². The molecule has 0 saturated heterocycles. The van der Waals surface area contributed by atoms with Crippen LogP contribution in [0.25, 0.3) is 0 Å². The van der Waals surface area contributed by atoms with Gasteiger partial charge in [-0.25, -0.2) is 14.8 Å². The maximum absolute atomic E-state index is 12.2.